The van der Waals surface area contributed by atoms with E-state index in [-0.39, 0.29) is 11.2 Å². The number of benzene rings is 1. The van der Waals surface area contributed by atoms with Crippen molar-refractivity contribution in [3.8, 4) is 5.69 Å². The average molecular weight is 388 g/mol. The highest BCUT2D eigenvalue weighted by Crippen LogP contribution is 2.28. The highest BCUT2D eigenvalue weighted by Gasteiger charge is 2.29. The van der Waals surface area contributed by atoms with Crippen LogP contribution in [0, 0.1) is 13.8 Å². The third-order valence-electron chi connectivity index (χ3n) is 5.30. The van der Waals surface area contributed by atoms with E-state index in [1.165, 1.54) is 31.0 Å². The number of thioether (sulfide) groups is 1. The first kappa shape index (κ1) is 19.9. The molecule has 1 aromatic carbocycles. The Morgan fingerprint density at radius 3 is 2.74 bits per heavy atom. The maximum atomic E-state index is 13.1. The molecule has 0 saturated heterocycles. The van der Waals surface area contributed by atoms with Gasteiger partial charge in [-0.05, 0) is 68.2 Å². The van der Waals surface area contributed by atoms with E-state index in [2.05, 4.69) is 52.5 Å². The second-order valence-corrected chi connectivity index (χ2v) is 8.65. The van der Waals surface area contributed by atoms with Gasteiger partial charge in [-0.25, -0.2) is 0 Å². The number of carbonyl (C=O) groups is 1. The molecule has 1 amide bonds. The molecule has 1 aromatic heterocycles. The van der Waals surface area contributed by atoms with Crippen molar-refractivity contribution in [2.75, 3.05) is 6.54 Å². The molecule has 2 aromatic rings. The number of carbonyl (C=O) groups excluding carboxylic acids is 1. The molecule has 0 unspecified atom stereocenters. The van der Waals surface area contributed by atoms with Crippen LogP contribution < -0.4 is 0 Å². The summed E-state index contributed by atoms with van der Waals surface area (Å²) in [5.41, 5.74) is 3.22. The molecular formula is C20H29N5OS. The van der Waals surface area contributed by atoms with E-state index < -0.39 is 0 Å². The Kier molecular flexibility index (Phi) is 6.52. The van der Waals surface area contributed by atoms with Gasteiger partial charge in [0.25, 0.3) is 0 Å². The Balaban J connectivity index is 1.76. The standard InChI is InChI=1S/C20H29N5OS/c1-5-24(17-9-7-6-8-10-17)19(26)16(4)27-20-21-22-23-25(20)18-13-14(2)11-12-15(18)3/h11-13,16-17H,5-10H2,1-4H3/t16-/m1/s1. The van der Waals surface area contributed by atoms with Gasteiger partial charge in [0.2, 0.25) is 11.1 Å². The van der Waals surface area contributed by atoms with E-state index in [4.69, 9.17) is 0 Å². The van der Waals surface area contributed by atoms with E-state index >= 15 is 0 Å². The predicted octanol–water partition coefficient (Wildman–Crippen LogP) is 3.94. The fourth-order valence-electron chi connectivity index (χ4n) is 3.78. The summed E-state index contributed by atoms with van der Waals surface area (Å²) in [5.74, 6) is 0.185. The lowest BCUT2D eigenvalue weighted by Crippen LogP contribution is -2.44. The third kappa shape index (κ3) is 4.51. The van der Waals surface area contributed by atoms with Crippen LogP contribution in [0.5, 0.6) is 0 Å². The van der Waals surface area contributed by atoms with Gasteiger partial charge in [0.15, 0.2) is 0 Å². The topological polar surface area (TPSA) is 63.9 Å². The molecule has 0 spiro atoms. The molecule has 1 aliphatic carbocycles. The van der Waals surface area contributed by atoms with E-state index in [1.807, 2.05) is 13.8 Å². The van der Waals surface area contributed by atoms with Crippen LogP contribution >= 0.6 is 11.8 Å². The summed E-state index contributed by atoms with van der Waals surface area (Å²) in [5, 5.41) is 12.6. The lowest BCUT2D eigenvalue weighted by molar-refractivity contribution is -0.133. The first-order chi connectivity index (χ1) is 13.0. The second kappa shape index (κ2) is 8.87. The van der Waals surface area contributed by atoms with Crippen molar-refractivity contribution >= 4 is 17.7 Å². The molecule has 1 heterocycles. The van der Waals surface area contributed by atoms with Gasteiger partial charge in [-0.3, -0.25) is 4.79 Å². The Labute approximate surface area is 165 Å². The van der Waals surface area contributed by atoms with Crippen LogP contribution in [0.4, 0.5) is 0 Å². The zero-order chi connectivity index (χ0) is 19.4. The summed E-state index contributed by atoms with van der Waals surface area (Å²) in [7, 11) is 0. The van der Waals surface area contributed by atoms with Gasteiger partial charge in [0, 0.05) is 12.6 Å². The van der Waals surface area contributed by atoms with Gasteiger partial charge in [-0.2, -0.15) is 4.68 Å². The summed E-state index contributed by atoms with van der Waals surface area (Å²) in [6, 6.07) is 6.60. The normalized spacial score (nSPS) is 16.3. The molecule has 27 heavy (non-hydrogen) atoms. The number of nitrogens with zero attached hydrogens (tertiary/aromatic N) is 5. The molecule has 0 radical (unpaired) electrons. The van der Waals surface area contributed by atoms with Gasteiger partial charge in [0.1, 0.15) is 0 Å². The molecule has 0 bridgehead atoms. The molecule has 0 N–H and O–H groups in total. The number of tetrazole rings is 1. The first-order valence-corrected chi connectivity index (χ1v) is 10.7. The number of aromatic nitrogens is 4. The maximum absolute atomic E-state index is 13.1. The zero-order valence-electron chi connectivity index (χ0n) is 16.7. The molecule has 7 heteroatoms. The van der Waals surface area contributed by atoms with Crippen LogP contribution in [0.15, 0.2) is 23.4 Å². The smallest absolute Gasteiger partial charge is 0.236 e. The van der Waals surface area contributed by atoms with E-state index in [9.17, 15) is 4.79 Å². The molecule has 1 atom stereocenters. The monoisotopic (exact) mass is 387 g/mol. The Bertz CT molecular complexity index is 784. The summed E-state index contributed by atoms with van der Waals surface area (Å²) >= 11 is 1.44. The van der Waals surface area contributed by atoms with E-state index in [0.29, 0.717) is 11.2 Å². The zero-order valence-corrected chi connectivity index (χ0v) is 17.5. The molecule has 1 saturated carbocycles. The Morgan fingerprint density at radius 1 is 1.30 bits per heavy atom. The molecule has 0 aliphatic heterocycles. The molecule has 6 nitrogen and oxygen atoms in total. The molecule has 146 valence electrons. The maximum Gasteiger partial charge on any atom is 0.236 e. The van der Waals surface area contributed by atoms with Gasteiger partial charge in [-0.1, -0.05) is 43.2 Å². The van der Waals surface area contributed by atoms with Crippen molar-refractivity contribution in [1.29, 1.82) is 0 Å². The Hall–Kier alpha value is -1.89. The van der Waals surface area contributed by atoms with E-state index in [0.717, 1.165) is 36.2 Å². The quantitative estimate of drug-likeness (QED) is 0.703. The van der Waals surface area contributed by atoms with Gasteiger partial charge < -0.3 is 4.90 Å². The number of amides is 1. The second-order valence-electron chi connectivity index (χ2n) is 7.34. The van der Waals surface area contributed by atoms with E-state index in [1.54, 1.807) is 4.68 Å². The predicted molar refractivity (Wildman–Crippen MR) is 108 cm³/mol. The van der Waals surface area contributed by atoms with Crippen LogP contribution in [0.25, 0.3) is 5.69 Å². The summed E-state index contributed by atoms with van der Waals surface area (Å²) in [4.78, 5) is 15.2. The molecule has 1 fully saturated rings. The summed E-state index contributed by atoms with van der Waals surface area (Å²) in [6.07, 6.45) is 5.98. The van der Waals surface area contributed by atoms with Crippen molar-refractivity contribution in [2.24, 2.45) is 0 Å². The SMILES string of the molecule is CCN(C(=O)[C@@H](C)Sc1nnnn1-c1cc(C)ccc1C)C1CCCCC1. The lowest BCUT2D eigenvalue weighted by Gasteiger charge is -2.35. The molecule has 1 aliphatic rings. The fraction of sp³-hybridized carbons (Fsp3) is 0.600. The van der Waals surface area contributed by atoms with Crippen molar-refractivity contribution in [3.63, 3.8) is 0 Å². The van der Waals surface area contributed by atoms with Crippen LogP contribution in [-0.4, -0.2) is 48.9 Å². The van der Waals surface area contributed by atoms with Crippen molar-refractivity contribution < 1.29 is 4.79 Å². The van der Waals surface area contributed by atoms with Crippen molar-refractivity contribution in [1.82, 2.24) is 25.1 Å². The van der Waals surface area contributed by atoms with Crippen LogP contribution in [0.3, 0.4) is 0 Å². The summed E-state index contributed by atoms with van der Waals surface area (Å²) in [6.45, 7) is 8.89. The number of hydrogen-bond acceptors (Lipinski definition) is 5. The number of rotatable bonds is 6. The number of hydrogen-bond donors (Lipinski definition) is 0. The van der Waals surface area contributed by atoms with Crippen LogP contribution in [-0.2, 0) is 4.79 Å². The minimum Gasteiger partial charge on any atom is -0.339 e. The molecular weight excluding hydrogens is 358 g/mol. The van der Waals surface area contributed by atoms with Crippen LogP contribution in [0.1, 0.15) is 57.1 Å². The Morgan fingerprint density at radius 2 is 2.04 bits per heavy atom. The summed E-state index contributed by atoms with van der Waals surface area (Å²) < 4.78 is 1.74. The van der Waals surface area contributed by atoms with Gasteiger partial charge in [-0.15, -0.1) is 5.10 Å². The van der Waals surface area contributed by atoms with Crippen molar-refractivity contribution in [2.45, 2.75) is 76.2 Å². The highest BCUT2D eigenvalue weighted by molar-refractivity contribution is 8.00. The number of aryl methyl sites for hydroxylation is 2. The fourth-order valence-corrected chi connectivity index (χ4v) is 4.65. The van der Waals surface area contributed by atoms with Crippen molar-refractivity contribution in [3.05, 3.63) is 29.3 Å². The third-order valence-corrected chi connectivity index (χ3v) is 6.32. The molecule has 3 rings (SSSR count). The minimum absolute atomic E-state index is 0.185. The minimum atomic E-state index is -0.221. The first-order valence-electron chi connectivity index (χ1n) is 9.84. The van der Waals surface area contributed by atoms with Gasteiger partial charge in [0.05, 0.1) is 10.9 Å². The largest absolute Gasteiger partial charge is 0.339 e. The van der Waals surface area contributed by atoms with Crippen LogP contribution in [0.2, 0.25) is 0 Å². The average Bonchev–Trinajstić information content (AvgIpc) is 3.13. The van der Waals surface area contributed by atoms with Gasteiger partial charge >= 0.3 is 0 Å². The highest BCUT2D eigenvalue weighted by atomic mass is 32.2. The lowest BCUT2D eigenvalue weighted by atomic mass is 9.94.